The van der Waals surface area contributed by atoms with E-state index in [-0.39, 0.29) is 15.6 Å². The minimum Gasteiger partial charge on any atom is -0.399 e. The number of H-pyrrole nitrogens is 1. The van der Waals surface area contributed by atoms with Crippen molar-refractivity contribution in [2.45, 2.75) is 19.8 Å². The molecule has 1 amide bonds. The second kappa shape index (κ2) is 5.73. The topological polar surface area (TPSA) is 83.8 Å². The van der Waals surface area contributed by atoms with Crippen LogP contribution in [0, 0.1) is 0 Å². The van der Waals surface area contributed by atoms with Crippen molar-refractivity contribution >= 4 is 40.6 Å². The molecular weight excluding hydrogens is 299 g/mol. The van der Waals surface area contributed by atoms with Crippen LogP contribution in [-0.2, 0) is 0 Å². The van der Waals surface area contributed by atoms with Crippen molar-refractivity contribution in [2.24, 2.45) is 0 Å². The van der Waals surface area contributed by atoms with Gasteiger partial charge in [0.1, 0.15) is 0 Å². The number of nitrogens with two attached hydrogens (primary N) is 1. The lowest BCUT2D eigenvalue weighted by atomic mass is 10.1. The first-order valence-corrected chi connectivity index (χ1v) is 6.75. The van der Waals surface area contributed by atoms with E-state index in [4.69, 9.17) is 28.9 Å². The first-order chi connectivity index (χ1) is 9.38. The van der Waals surface area contributed by atoms with Crippen LogP contribution in [0.3, 0.4) is 0 Å². The van der Waals surface area contributed by atoms with Crippen molar-refractivity contribution in [3.63, 3.8) is 0 Å². The van der Waals surface area contributed by atoms with Gasteiger partial charge >= 0.3 is 0 Å². The number of aromatic nitrogens is 2. The zero-order valence-electron chi connectivity index (χ0n) is 11.0. The molecule has 0 radical (unpaired) electrons. The lowest BCUT2D eigenvalue weighted by Crippen LogP contribution is -2.13. The molecular formula is C13H14Cl2N4O. The molecule has 0 bridgehead atoms. The lowest BCUT2D eigenvalue weighted by Gasteiger charge is -2.07. The second-order valence-corrected chi connectivity index (χ2v) is 5.47. The first-order valence-electron chi connectivity index (χ1n) is 5.99. The average Bonchev–Trinajstić information content (AvgIpc) is 2.82. The fourth-order valence-corrected chi connectivity index (χ4v) is 2.08. The summed E-state index contributed by atoms with van der Waals surface area (Å²) in [5, 5.41) is 9.92. The van der Waals surface area contributed by atoms with Crippen LogP contribution in [0.25, 0.3) is 0 Å². The van der Waals surface area contributed by atoms with E-state index in [1.807, 2.05) is 13.8 Å². The van der Waals surface area contributed by atoms with Gasteiger partial charge in [0.15, 0.2) is 5.82 Å². The highest BCUT2D eigenvalue weighted by Gasteiger charge is 2.16. The first kappa shape index (κ1) is 14.7. The number of aromatic amines is 1. The molecule has 0 atom stereocenters. The fraction of sp³-hybridized carbons (Fsp3) is 0.231. The second-order valence-electron chi connectivity index (χ2n) is 4.68. The highest BCUT2D eigenvalue weighted by molar-refractivity contribution is 6.44. The van der Waals surface area contributed by atoms with Crippen LogP contribution in [0.15, 0.2) is 18.2 Å². The van der Waals surface area contributed by atoms with Gasteiger partial charge < -0.3 is 11.1 Å². The van der Waals surface area contributed by atoms with E-state index in [2.05, 4.69) is 15.5 Å². The Labute approximate surface area is 126 Å². The van der Waals surface area contributed by atoms with Crippen molar-refractivity contribution in [3.8, 4) is 0 Å². The molecule has 1 aromatic heterocycles. The number of carbonyl (C=O) groups excluding carboxylic acids is 1. The lowest BCUT2D eigenvalue weighted by molar-refractivity contribution is 0.102. The molecule has 5 nitrogen and oxygen atoms in total. The number of benzene rings is 1. The van der Waals surface area contributed by atoms with Gasteiger partial charge in [-0.3, -0.25) is 9.89 Å². The van der Waals surface area contributed by atoms with Gasteiger partial charge in [0.25, 0.3) is 5.91 Å². The third kappa shape index (κ3) is 3.05. The van der Waals surface area contributed by atoms with Crippen LogP contribution in [0.1, 0.15) is 35.8 Å². The van der Waals surface area contributed by atoms with E-state index in [0.717, 1.165) is 5.69 Å². The zero-order chi connectivity index (χ0) is 14.9. The number of rotatable bonds is 3. The summed E-state index contributed by atoms with van der Waals surface area (Å²) < 4.78 is 0. The van der Waals surface area contributed by atoms with E-state index >= 15 is 0 Å². The van der Waals surface area contributed by atoms with E-state index in [0.29, 0.717) is 17.4 Å². The summed E-state index contributed by atoms with van der Waals surface area (Å²) in [5.41, 5.74) is 7.17. The molecule has 7 heteroatoms. The third-order valence-electron chi connectivity index (χ3n) is 2.76. The average molecular weight is 313 g/mol. The summed E-state index contributed by atoms with van der Waals surface area (Å²) in [6, 6.07) is 4.73. The van der Waals surface area contributed by atoms with Gasteiger partial charge in [0, 0.05) is 17.4 Å². The molecule has 0 aliphatic rings. The van der Waals surface area contributed by atoms with E-state index in [1.54, 1.807) is 6.07 Å². The quantitative estimate of drug-likeness (QED) is 0.756. The Balaban J connectivity index is 2.23. The highest BCUT2D eigenvalue weighted by atomic mass is 35.5. The minimum absolute atomic E-state index is 0.165. The molecule has 0 aliphatic carbocycles. The SMILES string of the molecule is CC(C)c1cc(NC(=O)c2cc(N)cc(Cl)c2Cl)n[nH]1. The molecule has 2 aromatic rings. The number of hydrogen-bond acceptors (Lipinski definition) is 3. The highest BCUT2D eigenvalue weighted by Crippen LogP contribution is 2.29. The van der Waals surface area contributed by atoms with Gasteiger partial charge in [-0.25, -0.2) is 0 Å². The van der Waals surface area contributed by atoms with Crippen LogP contribution in [0.5, 0.6) is 0 Å². The number of nitrogens with one attached hydrogen (secondary N) is 2. The standard InChI is InChI=1S/C13H14Cl2N4O/c1-6(2)10-5-11(19-18-10)17-13(20)8-3-7(16)4-9(14)12(8)15/h3-6H,16H2,1-2H3,(H2,17,18,19,20). The molecule has 106 valence electrons. The predicted octanol–water partition coefficient (Wildman–Crippen LogP) is 3.67. The Kier molecular flexibility index (Phi) is 4.20. The summed E-state index contributed by atoms with van der Waals surface area (Å²) in [6.07, 6.45) is 0. The molecule has 2 rings (SSSR count). The van der Waals surface area contributed by atoms with Crippen LogP contribution in [0.4, 0.5) is 11.5 Å². The van der Waals surface area contributed by atoms with Crippen LogP contribution >= 0.6 is 23.2 Å². The Bertz CT molecular complexity index is 652. The molecule has 20 heavy (non-hydrogen) atoms. The van der Waals surface area contributed by atoms with Crippen molar-refractivity contribution in [1.29, 1.82) is 0 Å². The zero-order valence-corrected chi connectivity index (χ0v) is 12.5. The molecule has 4 N–H and O–H groups in total. The molecule has 1 heterocycles. The fourth-order valence-electron chi connectivity index (χ4n) is 1.66. The van der Waals surface area contributed by atoms with E-state index < -0.39 is 5.91 Å². The monoisotopic (exact) mass is 312 g/mol. The molecule has 0 unspecified atom stereocenters. The minimum atomic E-state index is -0.411. The molecule has 0 saturated heterocycles. The summed E-state index contributed by atoms with van der Waals surface area (Å²) in [7, 11) is 0. The molecule has 0 aliphatic heterocycles. The van der Waals surface area contributed by atoms with Crippen molar-refractivity contribution in [2.75, 3.05) is 11.1 Å². The smallest absolute Gasteiger partial charge is 0.258 e. The summed E-state index contributed by atoms with van der Waals surface area (Å²) in [4.78, 5) is 12.2. The van der Waals surface area contributed by atoms with Crippen molar-refractivity contribution in [3.05, 3.63) is 39.5 Å². The number of halogens is 2. The predicted molar refractivity (Wildman–Crippen MR) is 81.5 cm³/mol. The molecule has 0 fully saturated rings. The Morgan fingerprint density at radius 3 is 2.65 bits per heavy atom. The number of amides is 1. The van der Waals surface area contributed by atoms with Gasteiger partial charge in [-0.05, 0) is 18.1 Å². The molecule has 0 saturated carbocycles. The van der Waals surface area contributed by atoms with Gasteiger partial charge in [-0.1, -0.05) is 37.0 Å². The normalized spacial score (nSPS) is 10.8. The molecule has 1 aromatic carbocycles. The molecule has 0 spiro atoms. The number of nitrogen functional groups attached to an aromatic ring is 1. The van der Waals surface area contributed by atoms with Crippen LogP contribution in [-0.4, -0.2) is 16.1 Å². The van der Waals surface area contributed by atoms with Crippen LogP contribution < -0.4 is 11.1 Å². The number of nitrogens with zero attached hydrogens (tertiary/aromatic N) is 1. The van der Waals surface area contributed by atoms with Crippen molar-refractivity contribution in [1.82, 2.24) is 10.2 Å². The Morgan fingerprint density at radius 1 is 1.35 bits per heavy atom. The maximum atomic E-state index is 12.2. The maximum absolute atomic E-state index is 12.2. The summed E-state index contributed by atoms with van der Waals surface area (Å²) in [6.45, 7) is 4.04. The Morgan fingerprint density at radius 2 is 2.05 bits per heavy atom. The maximum Gasteiger partial charge on any atom is 0.258 e. The number of anilines is 2. The van der Waals surface area contributed by atoms with Gasteiger partial charge in [0.2, 0.25) is 0 Å². The van der Waals surface area contributed by atoms with E-state index in [1.165, 1.54) is 12.1 Å². The van der Waals surface area contributed by atoms with Gasteiger partial charge in [-0.15, -0.1) is 0 Å². The largest absolute Gasteiger partial charge is 0.399 e. The van der Waals surface area contributed by atoms with Crippen molar-refractivity contribution < 1.29 is 4.79 Å². The number of carbonyl (C=O) groups is 1. The Hall–Kier alpha value is -1.72. The van der Waals surface area contributed by atoms with E-state index in [9.17, 15) is 4.79 Å². The summed E-state index contributed by atoms with van der Waals surface area (Å²) >= 11 is 11.9. The van der Waals surface area contributed by atoms with Gasteiger partial charge in [0.05, 0.1) is 15.6 Å². The third-order valence-corrected chi connectivity index (χ3v) is 3.56. The summed E-state index contributed by atoms with van der Waals surface area (Å²) in [5.74, 6) is 0.304. The van der Waals surface area contributed by atoms with Crippen LogP contribution in [0.2, 0.25) is 10.0 Å². The van der Waals surface area contributed by atoms with Gasteiger partial charge in [-0.2, -0.15) is 5.10 Å². The number of hydrogen-bond donors (Lipinski definition) is 3.